The standard InChI is InChI=1S/C7H15N5/c1-8-3-4-12(2)6-7-5-9-11-10-7/h5,8H,3-4,6H2,1-2H3,(H,9,10,11). The van der Waals surface area contributed by atoms with Crippen molar-refractivity contribution in [2.45, 2.75) is 6.54 Å². The second-order valence-corrected chi connectivity index (χ2v) is 2.80. The zero-order valence-electron chi connectivity index (χ0n) is 7.54. The van der Waals surface area contributed by atoms with E-state index in [9.17, 15) is 0 Å². The Morgan fingerprint density at radius 1 is 1.67 bits per heavy atom. The van der Waals surface area contributed by atoms with Crippen LogP contribution in [0.15, 0.2) is 6.20 Å². The third-order valence-electron chi connectivity index (χ3n) is 1.64. The summed E-state index contributed by atoms with van der Waals surface area (Å²) in [5, 5.41) is 13.4. The summed E-state index contributed by atoms with van der Waals surface area (Å²) < 4.78 is 0. The molecule has 12 heavy (non-hydrogen) atoms. The Balaban J connectivity index is 2.22. The number of likely N-dealkylation sites (N-methyl/N-ethyl adjacent to an activating group) is 2. The molecule has 0 aliphatic carbocycles. The van der Waals surface area contributed by atoms with Crippen LogP contribution in [0.4, 0.5) is 0 Å². The third kappa shape index (κ3) is 2.98. The molecule has 2 N–H and O–H groups in total. The van der Waals surface area contributed by atoms with Crippen LogP contribution in [0, 0.1) is 0 Å². The van der Waals surface area contributed by atoms with E-state index in [1.807, 2.05) is 7.05 Å². The van der Waals surface area contributed by atoms with Gasteiger partial charge in [0.25, 0.3) is 0 Å². The number of rotatable bonds is 5. The molecule has 0 bridgehead atoms. The molecule has 0 aliphatic rings. The summed E-state index contributed by atoms with van der Waals surface area (Å²) in [5.41, 5.74) is 0.980. The quantitative estimate of drug-likeness (QED) is 0.621. The first-order valence-corrected chi connectivity index (χ1v) is 4.00. The topological polar surface area (TPSA) is 56.8 Å². The van der Waals surface area contributed by atoms with Crippen molar-refractivity contribution >= 4 is 0 Å². The SMILES string of the molecule is CNCCN(C)Cc1cn[nH]n1. The average molecular weight is 169 g/mol. The number of nitrogens with zero attached hydrogens (tertiary/aromatic N) is 3. The lowest BCUT2D eigenvalue weighted by molar-refractivity contribution is 0.324. The van der Waals surface area contributed by atoms with Crippen LogP contribution in [-0.2, 0) is 6.54 Å². The van der Waals surface area contributed by atoms with Crippen LogP contribution >= 0.6 is 0 Å². The molecular formula is C7H15N5. The van der Waals surface area contributed by atoms with Gasteiger partial charge < -0.3 is 5.32 Å². The maximum Gasteiger partial charge on any atom is 0.0964 e. The van der Waals surface area contributed by atoms with Gasteiger partial charge in [-0.2, -0.15) is 15.4 Å². The number of hydrogen-bond donors (Lipinski definition) is 2. The van der Waals surface area contributed by atoms with Crippen LogP contribution < -0.4 is 5.32 Å². The summed E-state index contributed by atoms with van der Waals surface area (Å²) in [7, 11) is 4.01. The van der Waals surface area contributed by atoms with Crippen LogP contribution in [0.1, 0.15) is 5.69 Å². The Kier molecular flexibility index (Phi) is 3.69. The van der Waals surface area contributed by atoms with E-state index in [2.05, 4.69) is 32.7 Å². The fourth-order valence-corrected chi connectivity index (χ4v) is 0.960. The third-order valence-corrected chi connectivity index (χ3v) is 1.64. The maximum atomic E-state index is 3.97. The Morgan fingerprint density at radius 2 is 2.50 bits per heavy atom. The van der Waals surface area contributed by atoms with E-state index in [1.165, 1.54) is 0 Å². The fraction of sp³-hybridized carbons (Fsp3) is 0.714. The van der Waals surface area contributed by atoms with Gasteiger partial charge >= 0.3 is 0 Å². The Morgan fingerprint density at radius 3 is 3.08 bits per heavy atom. The van der Waals surface area contributed by atoms with Gasteiger partial charge in [0, 0.05) is 19.6 Å². The minimum Gasteiger partial charge on any atom is -0.318 e. The molecule has 0 spiro atoms. The van der Waals surface area contributed by atoms with Crippen molar-refractivity contribution in [1.82, 2.24) is 25.6 Å². The Bertz CT molecular complexity index is 196. The zero-order chi connectivity index (χ0) is 8.81. The predicted molar refractivity (Wildman–Crippen MR) is 46.6 cm³/mol. The van der Waals surface area contributed by atoms with E-state index < -0.39 is 0 Å². The normalized spacial score (nSPS) is 10.9. The van der Waals surface area contributed by atoms with E-state index in [4.69, 9.17) is 0 Å². The summed E-state index contributed by atoms with van der Waals surface area (Å²) >= 11 is 0. The summed E-state index contributed by atoms with van der Waals surface area (Å²) in [5.74, 6) is 0. The van der Waals surface area contributed by atoms with E-state index in [1.54, 1.807) is 6.20 Å². The fourth-order valence-electron chi connectivity index (χ4n) is 0.960. The van der Waals surface area contributed by atoms with E-state index in [0.29, 0.717) is 0 Å². The monoisotopic (exact) mass is 169 g/mol. The first kappa shape index (κ1) is 9.15. The Hall–Kier alpha value is -0.940. The molecule has 68 valence electrons. The minimum atomic E-state index is 0.845. The average Bonchev–Trinajstić information content (AvgIpc) is 2.53. The predicted octanol–water partition coefficient (Wildman–Crippen LogP) is -0.544. The molecule has 0 radical (unpaired) electrons. The second kappa shape index (κ2) is 4.84. The highest BCUT2D eigenvalue weighted by molar-refractivity contribution is 4.89. The van der Waals surface area contributed by atoms with Gasteiger partial charge in [-0.15, -0.1) is 0 Å². The van der Waals surface area contributed by atoms with Crippen LogP contribution in [0.2, 0.25) is 0 Å². The molecule has 1 rings (SSSR count). The lowest BCUT2D eigenvalue weighted by Gasteiger charge is -2.13. The highest BCUT2D eigenvalue weighted by Crippen LogP contribution is 1.94. The minimum absolute atomic E-state index is 0.845. The molecule has 5 nitrogen and oxygen atoms in total. The van der Waals surface area contributed by atoms with Crippen molar-refractivity contribution < 1.29 is 0 Å². The molecule has 0 unspecified atom stereocenters. The van der Waals surface area contributed by atoms with E-state index >= 15 is 0 Å². The highest BCUT2D eigenvalue weighted by atomic mass is 15.3. The smallest absolute Gasteiger partial charge is 0.0964 e. The van der Waals surface area contributed by atoms with Crippen molar-refractivity contribution in [3.8, 4) is 0 Å². The van der Waals surface area contributed by atoms with Gasteiger partial charge in [-0.25, -0.2) is 0 Å². The zero-order valence-corrected chi connectivity index (χ0v) is 7.54. The first-order valence-electron chi connectivity index (χ1n) is 4.00. The summed E-state index contributed by atoms with van der Waals surface area (Å²) in [6, 6.07) is 0. The number of aromatic amines is 1. The first-order chi connectivity index (χ1) is 5.83. The number of nitrogens with one attached hydrogen (secondary N) is 2. The molecule has 1 aromatic heterocycles. The lowest BCUT2D eigenvalue weighted by Crippen LogP contribution is -2.27. The molecule has 0 aliphatic heterocycles. The van der Waals surface area contributed by atoms with Crippen molar-refractivity contribution in [3.05, 3.63) is 11.9 Å². The molecule has 1 heterocycles. The molecule has 0 aromatic carbocycles. The number of hydrogen-bond acceptors (Lipinski definition) is 4. The summed E-state index contributed by atoms with van der Waals surface area (Å²) in [4.78, 5) is 2.19. The van der Waals surface area contributed by atoms with Crippen molar-refractivity contribution in [1.29, 1.82) is 0 Å². The largest absolute Gasteiger partial charge is 0.318 e. The molecule has 0 saturated heterocycles. The molecule has 0 fully saturated rings. The highest BCUT2D eigenvalue weighted by Gasteiger charge is 2.00. The molecule has 0 atom stereocenters. The van der Waals surface area contributed by atoms with Gasteiger partial charge in [-0.1, -0.05) is 0 Å². The summed E-state index contributed by atoms with van der Waals surface area (Å²) in [6.45, 7) is 2.86. The van der Waals surface area contributed by atoms with Gasteiger partial charge in [0.2, 0.25) is 0 Å². The Labute approximate surface area is 72.2 Å². The van der Waals surface area contributed by atoms with Crippen LogP contribution in [0.5, 0.6) is 0 Å². The number of aromatic nitrogens is 3. The van der Waals surface area contributed by atoms with E-state index in [-0.39, 0.29) is 0 Å². The van der Waals surface area contributed by atoms with Crippen LogP contribution in [-0.4, -0.2) is 47.5 Å². The van der Waals surface area contributed by atoms with Crippen molar-refractivity contribution in [2.75, 3.05) is 27.2 Å². The maximum absolute atomic E-state index is 3.97. The van der Waals surface area contributed by atoms with Gasteiger partial charge in [0.15, 0.2) is 0 Å². The molecule has 1 aromatic rings. The summed E-state index contributed by atoms with van der Waals surface area (Å²) in [6.07, 6.45) is 1.75. The second-order valence-electron chi connectivity index (χ2n) is 2.80. The molecule has 0 saturated carbocycles. The molecular weight excluding hydrogens is 154 g/mol. The van der Waals surface area contributed by atoms with Crippen LogP contribution in [0.3, 0.4) is 0 Å². The van der Waals surface area contributed by atoms with Gasteiger partial charge in [-0.3, -0.25) is 4.90 Å². The van der Waals surface area contributed by atoms with Crippen LogP contribution in [0.25, 0.3) is 0 Å². The molecule has 0 amide bonds. The van der Waals surface area contributed by atoms with Gasteiger partial charge in [-0.05, 0) is 14.1 Å². The van der Waals surface area contributed by atoms with Crippen molar-refractivity contribution in [3.63, 3.8) is 0 Å². The van der Waals surface area contributed by atoms with E-state index in [0.717, 1.165) is 25.3 Å². The molecule has 5 heteroatoms. The van der Waals surface area contributed by atoms with Crippen molar-refractivity contribution in [2.24, 2.45) is 0 Å². The number of H-pyrrole nitrogens is 1. The lowest BCUT2D eigenvalue weighted by atomic mass is 10.4. The van der Waals surface area contributed by atoms with Gasteiger partial charge in [0.1, 0.15) is 0 Å². The van der Waals surface area contributed by atoms with Gasteiger partial charge in [0.05, 0.1) is 11.9 Å².